The second-order valence-corrected chi connectivity index (χ2v) is 5.66. The van der Waals surface area contributed by atoms with Gasteiger partial charge in [-0.3, -0.25) is 4.98 Å². The molecule has 0 fully saturated rings. The number of H-pyrrole nitrogens is 1. The standard InChI is InChI=1S/C16H12ClN7/c17-13-3-1-11(2-4-13)8-24-9-15(19-10-24)14-7-12(5-6-18-14)16-20-22-23-21-16/h1-7,9-10H,8H2,(H,20,21,22,23). The summed E-state index contributed by atoms with van der Waals surface area (Å²) >= 11 is 5.91. The van der Waals surface area contributed by atoms with Crippen LogP contribution in [0.1, 0.15) is 5.56 Å². The highest BCUT2D eigenvalue weighted by Gasteiger charge is 2.08. The molecule has 8 heteroatoms. The fraction of sp³-hybridized carbons (Fsp3) is 0.0625. The van der Waals surface area contributed by atoms with Crippen LogP contribution in [0.5, 0.6) is 0 Å². The number of aromatic amines is 1. The van der Waals surface area contributed by atoms with Crippen molar-refractivity contribution < 1.29 is 0 Å². The first-order valence-electron chi connectivity index (χ1n) is 7.24. The van der Waals surface area contributed by atoms with Crippen molar-refractivity contribution in [1.29, 1.82) is 0 Å². The molecule has 0 aliphatic heterocycles. The molecule has 4 aromatic rings. The minimum atomic E-state index is 0.527. The highest BCUT2D eigenvalue weighted by molar-refractivity contribution is 6.30. The molecule has 1 aromatic carbocycles. The maximum absolute atomic E-state index is 5.91. The van der Waals surface area contributed by atoms with E-state index < -0.39 is 0 Å². The number of nitrogens with one attached hydrogen (secondary N) is 1. The van der Waals surface area contributed by atoms with Crippen molar-refractivity contribution in [2.45, 2.75) is 6.54 Å². The van der Waals surface area contributed by atoms with E-state index in [0.29, 0.717) is 12.4 Å². The number of imidazole rings is 1. The van der Waals surface area contributed by atoms with Gasteiger partial charge in [0.15, 0.2) is 0 Å². The van der Waals surface area contributed by atoms with Gasteiger partial charge in [-0.05, 0) is 35.0 Å². The number of hydrogen-bond donors (Lipinski definition) is 1. The molecule has 7 nitrogen and oxygen atoms in total. The summed E-state index contributed by atoms with van der Waals surface area (Å²) in [5, 5.41) is 14.7. The Hall–Kier alpha value is -3.06. The number of rotatable bonds is 4. The first-order valence-corrected chi connectivity index (χ1v) is 7.62. The lowest BCUT2D eigenvalue weighted by molar-refractivity contribution is 0.797. The van der Waals surface area contributed by atoms with Gasteiger partial charge in [-0.1, -0.05) is 23.7 Å². The Morgan fingerprint density at radius 3 is 2.71 bits per heavy atom. The SMILES string of the molecule is Clc1ccc(Cn2cnc(-c3cc(-c4nn[nH]n4)ccn3)c2)cc1. The summed E-state index contributed by atoms with van der Waals surface area (Å²) < 4.78 is 2.00. The first kappa shape index (κ1) is 14.5. The van der Waals surface area contributed by atoms with Gasteiger partial charge in [-0.2, -0.15) is 5.21 Å². The van der Waals surface area contributed by atoms with Gasteiger partial charge >= 0.3 is 0 Å². The number of hydrogen-bond acceptors (Lipinski definition) is 5. The molecule has 0 unspecified atom stereocenters. The number of nitrogens with zero attached hydrogens (tertiary/aromatic N) is 6. The number of pyridine rings is 1. The van der Waals surface area contributed by atoms with Crippen molar-refractivity contribution in [1.82, 2.24) is 35.2 Å². The maximum Gasteiger partial charge on any atom is 0.204 e. The molecule has 0 bridgehead atoms. The van der Waals surface area contributed by atoms with E-state index in [1.165, 1.54) is 0 Å². The maximum atomic E-state index is 5.91. The molecule has 0 aliphatic rings. The van der Waals surface area contributed by atoms with Crippen LogP contribution in [0.25, 0.3) is 22.8 Å². The van der Waals surface area contributed by atoms with E-state index in [1.807, 2.05) is 47.2 Å². The van der Waals surface area contributed by atoms with Crippen molar-refractivity contribution in [2.75, 3.05) is 0 Å². The number of halogens is 1. The molecule has 0 aliphatic carbocycles. The lowest BCUT2D eigenvalue weighted by atomic mass is 10.2. The molecule has 0 saturated carbocycles. The molecule has 0 radical (unpaired) electrons. The molecule has 0 atom stereocenters. The highest BCUT2D eigenvalue weighted by Crippen LogP contribution is 2.20. The summed E-state index contributed by atoms with van der Waals surface area (Å²) in [6, 6.07) is 11.5. The van der Waals surface area contributed by atoms with Crippen LogP contribution in [-0.4, -0.2) is 35.2 Å². The summed E-state index contributed by atoms with van der Waals surface area (Å²) in [5.74, 6) is 0.527. The second kappa shape index (κ2) is 6.21. The fourth-order valence-electron chi connectivity index (χ4n) is 2.37. The summed E-state index contributed by atoms with van der Waals surface area (Å²) in [6.07, 6.45) is 5.45. The Balaban J connectivity index is 1.58. The number of tetrazole rings is 1. The Kier molecular flexibility index (Phi) is 3.76. The van der Waals surface area contributed by atoms with Crippen molar-refractivity contribution in [2.24, 2.45) is 0 Å². The Bertz CT molecular complexity index is 945. The molecule has 0 amide bonds. The molecule has 3 heterocycles. The van der Waals surface area contributed by atoms with Gasteiger partial charge in [0.05, 0.1) is 12.0 Å². The monoisotopic (exact) mass is 337 g/mol. The lowest BCUT2D eigenvalue weighted by Gasteiger charge is -2.02. The van der Waals surface area contributed by atoms with Gasteiger partial charge in [0, 0.05) is 29.5 Å². The van der Waals surface area contributed by atoms with Crippen LogP contribution in [0.15, 0.2) is 55.1 Å². The van der Waals surface area contributed by atoms with E-state index in [-0.39, 0.29) is 0 Å². The van der Waals surface area contributed by atoms with Crippen molar-refractivity contribution >= 4 is 11.6 Å². The Morgan fingerprint density at radius 1 is 1.04 bits per heavy atom. The quantitative estimate of drug-likeness (QED) is 0.619. The van der Waals surface area contributed by atoms with E-state index in [9.17, 15) is 0 Å². The zero-order chi connectivity index (χ0) is 16.4. The largest absolute Gasteiger partial charge is 0.332 e. The number of aromatic nitrogens is 7. The van der Waals surface area contributed by atoms with Crippen molar-refractivity contribution in [3.05, 3.63) is 65.7 Å². The average Bonchev–Trinajstić information content (AvgIpc) is 3.29. The van der Waals surface area contributed by atoms with Crippen molar-refractivity contribution in [3.63, 3.8) is 0 Å². The minimum Gasteiger partial charge on any atom is -0.332 e. The van der Waals surface area contributed by atoms with Gasteiger partial charge in [0.1, 0.15) is 5.69 Å². The molecule has 4 rings (SSSR count). The smallest absolute Gasteiger partial charge is 0.204 e. The van der Waals surface area contributed by atoms with E-state index in [1.54, 1.807) is 12.5 Å². The second-order valence-electron chi connectivity index (χ2n) is 5.22. The molecular formula is C16H12ClN7. The third-order valence-corrected chi connectivity index (χ3v) is 3.79. The van der Waals surface area contributed by atoms with Gasteiger partial charge in [0.25, 0.3) is 0 Å². The van der Waals surface area contributed by atoms with E-state index >= 15 is 0 Å². The normalized spacial score (nSPS) is 10.9. The summed E-state index contributed by atoms with van der Waals surface area (Å²) in [7, 11) is 0. The van der Waals surface area contributed by atoms with E-state index in [2.05, 4.69) is 30.6 Å². The topological polar surface area (TPSA) is 85.2 Å². The predicted octanol–water partition coefficient (Wildman–Crippen LogP) is 2.83. The molecule has 3 aromatic heterocycles. The molecular weight excluding hydrogens is 326 g/mol. The fourth-order valence-corrected chi connectivity index (χ4v) is 2.50. The third-order valence-electron chi connectivity index (χ3n) is 3.54. The summed E-state index contributed by atoms with van der Waals surface area (Å²) in [5.41, 5.74) is 3.53. The molecule has 118 valence electrons. The van der Waals surface area contributed by atoms with Crippen LogP contribution in [0.3, 0.4) is 0 Å². The van der Waals surface area contributed by atoms with Crippen LogP contribution < -0.4 is 0 Å². The first-order chi connectivity index (χ1) is 11.8. The summed E-state index contributed by atoms with van der Waals surface area (Å²) in [6.45, 7) is 0.717. The minimum absolute atomic E-state index is 0.527. The van der Waals surface area contributed by atoms with E-state index in [0.717, 1.165) is 27.5 Å². The zero-order valence-corrected chi connectivity index (χ0v) is 13.2. The van der Waals surface area contributed by atoms with Gasteiger partial charge in [-0.25, -0.2) is 4.98 Å². The van der Waals surface area contributed by atoms with Gasteiger partial charge in [-0.15, -0.1) is 10.2 Å². The molecule has 0 spiro atoms. The Morgan fingerprint density at radius 2 is 1.92 bits per heavy atom. The summed E-state index contributed by atoms with van der Waals surface area (Å²) in [4.78, 5) is 8.80. The van der Waals surface area contributed by atoms with Crippen LogP contribution in [-0.2, 0) is 6.54 Å². The van der Waals surface area contributed by atoms with Crippen LogP contribution in [0.2, 0.25) is 5.02 Å². The third kappa shape index (κ3) is 3.02. The van der Waals surface area contributed by atoms with Crippen LogP contribution >= 0.6 is 11.6 Å². The average molecular weight is 338 g/mol. The molecule has 0 saturated heterocycles. The molecule has 1 N–H and O–H groups in total. The Labute approximate surface area is 142 Å². The predicted molar refractivity (Wildman–Crippen MR) is 89.2 cm³/mol. The van der Waals surface area contributed by atoms with Crippen LogP contribution in [0, 0.1) is 0 Å². The van der Waals surface area contributed by atoms with E-state index in [4.69, 9.17) is 11.6 Å². The lowest BCUT2D eigenvalue weighted by Crippen LogP contribution is -1.95. The van der Waals surface area contributed by atoms with Crippen molar-refractivity contribution in [3.8, 4) is 22.8 Å². The highest BCUT2D eigenvalue weighted by atomic mass is 35.5. The molecule has 24 heavy (non-hydrogen) atoms. The zero-order valence-electron chi connectivity index (χ0n) is 12.5. The van der Waals surface area contributed by atoms with Gasteiger partial charge < -0.3 is 4.57 Å². The van der Waals surface area contributed by atoms with Crippen LogP contribution in [0.4, 0.5) is 0 Å². The number of benzene rings is 1. The van der Waals surface area contributed by atoms with Gasteiger partial charge in [0.2, 0.25) is 5.82 Å².